The molecule has 0 unspecified atom stereocenters. The molecule has 0 atom stereocenters. The number of aromatic nitrogens is 2. The van der Waals surface area contributed by atoms with E-state index in [0.29, 0.717) is 5.92 Å². The van der Waals surface area contributed by atoms with Crippen molar-refractivity contribution in [2.24, 2.45) is 0 Å². The molecule has 2 rings (SSSR count). The van der Waals surface area contributed by atoms with Crippen LogP contribution in [0.1, 0.15) is 41.7 Å². The zero-order valence-corrected chi connectivity index (χ0v) is 11.9. The minimum absolute atomic E-state index is 0.419. The smallest absolute Gasteiger partial charge is 0.133 e. The first-order chi connectivity index (χ1) is 8.08. The fourth-order valence-electron chi connectivity index (χ4n) is 2.00. The van der Waals surface area contributed by atoms with Gasteiger partial charge in [-0.1, -0.05) is 32.1 Å². The van der Waals surface area contributed by atoms with Crippen molar-refractivity contribution in [1.29, 1.82) is 0 Å². The predicted octanol–water partition coefficient (Wildman–Crippen LogP) is 4.22. The van der Waals surface area contributed by atoms with E-state index in [1.54, 1.807) is 11.3 Å². The van der Waals surface area contributed by atoms with E-state index in [1.165, 1.54) is 4.88 Å². The van der Waals surface area contributed by atoms with Gasteiger partial charge in [0.25, 0.3) is 0 Å². The lowest BCUT2D eigenvalue weighted by Gasteiger charge is -2.11. The van der Waals surface area contributed by atoms with Crippen LogP contribution in [0.15, 0.2) is 17.5 Å². The zero-order chi connectivity index (χ0) is 12.4. The van der Waals surface area contributed by atoms with E-state index in [2.05, 4.69) is 48.3 Å². The van der Waals surface area contributed by atoms with Gasteiger partial charge in [0.05, 0.1) is 0 Å². The average Bonchev–Trinajstić information content (AvgIpc) is 2.68. The Morgan fingerprint density at radius 1 is 1.47 bits per heavy atom. The number of thiophene rings is 1. The second kappa shape index (κ2) is 5.10. The van der Waals surface area contributed by atoms with E-state index in [0.717, 1.165) is 28.1 Å². The molecular formula is C13H16N2S2. The van der Waals surface area contributed by atoms with Crippen LogP contribution in [-0.4, -0.2) is 9.97 Å². The van der Waals surface area contributed by atoms with Crippen LogP contribution in [0.3, 0.4) is 0 Å². The third-order valence-electron chi connectivity index (χ3n) is 2.70. The number of H-pyrrole nitrogens is 1. The van der Waals surface area contributed by atoms with Gasteiger partial charge < -0.3 is 4.98 Å². The molecule has 0 amide bonds. The van der Waals surface area contributed by atoms with Gasteiger partial charge >= 0.3 is 0 Å². The molecule has 1 N–H and O–H groups in total. The molecule has 0 fully saturated rings. The summed E-state index contributed by atoms with van der Waals surface area (Å²) in [5, 5.41) is 2.08. The summed E-state index contributed by atoms with van der Waals surface area (Å²) in [7, 11) is 0. The molecular weight excluding hydrogens is 248 g/mol. The van der Waals surface area contributed by atoms with E-state index in [4.69, 9.17) is 12.2 Å². The van der Waals surface area contributed by atoms with Gasteiger partial charge in [0.1, 0.15) is 10.5 Å². The third-order valence-corrected chi connectivity index (χ3v) is 3.89. The summed E-state index contributed by atoms with van der Waals surface area (Å²) in [5.74, 6) is 1.38. The summed E-state index contributed by atoms with van der Waals surface area (Å²) in [6, 6.07) is 4.18. The SMILES string of the molecule is Cc1[nH]c(Cc2cccs2)nc(=S)c1C(C)C. The van der Waals surface area contributed by atoms with Gasteiger partial charge in [0.15, 0.2) is 0 Å². The predicted molar refractivity (Wildman–Crippen MR) is 75.4 cm³/mol. The molecule has 0 aliphatic carbocycles. The van der Waals surface area contributed by atoms with E-state index in [9.17, 15) is 0 Å². The van der Waals surface area contributed by atoms with Crippen LogP contribution in [-0.2, 0) is 6.42 Å². The highest BCUT2D eigenvalue weighted by molar-refractivity contribution is 7.71. The topological polar surface area (TPSA) is 28.7 Å². The van der Waals surface area contributed by atoms with E-state index >= 15 is 0 Å². The molecule has 0 aromatic carbocycles. The summed E-state index contributed by atoms with van der Waals surface area (Å²) in [5.41, 5.74) is 2.31. The Balaban J connectivity index is 2.36. The molecule has 4 heteroatoms. The van der Waals surface area contributed by atoms with Gasteiger partial charge in [0, 0.05) is 22.6 Å². The lowest BCUT2D eigenvalue weighted by molar-refractivity contribution is 0.804. The molecule has 2 aromatic heterocycles. The van der Waals surface area contributed by atoms with Crippen LogP contribution in [0.25, 0.3) is 0 Å². The Labute approximate surface area is 111 Å². The summed E-state index contributed by atoms with van der Waals surface area (Å²) in [4.78, 5) is 9.17. The fourth-order valence-corrected chi connectivity index (χ4v) is 3.20. The van der Waals surface area contributed by atoms with Gasteiger partial charge in [-0.25, -0.2) is 4.98 Å². The number of hydrogen-bond donors (Lipinski definition) is 1. The number of hydrogen-bond acceptors (Lipinski definition) is 3. The molecule has 2 aromatic rings. The highest BCUT2D eigenvalue weighted by atomic mass is 32.1. The Kier molecular flexibility index (Phi) is 3.74. The summed E-state index contributed by atoms with van der Waals surface area (Å²) < 4.78 is 0.739. The summed E-state index contributed by atoms with van der Waals surface area (Å²) >= 11 is 7.12. The minimum Gasteiger partial charge on any atom is -0.347 e. The Morgan fingerprint density at radius 3 is 2.76 bits per heavy atom. The van der Waals surface area contributed by atoms with Crippen molar-refractivity contribution < 1.29 is 0 Å². The van der Waals surface area contributed by atoms with Crippen molar-refractivity contribution in [3.63, 3.8) is 0 Å². The molecule has 90 valence electrons. The van der Waals surface area contributed by atoms with E-state index < -0.39 is 0 Å². The molecule has 2 nitrogen and oxygen atoms in total. The molecule has 0 saturated heterocycles. The van der Waals surface area contributed by atoms with Crippen LogP contribution in [0.2, 0.25) is 0 Å². The second-order valence-electron chi connectivity index (χ2n) is 4.44. The molecule has 0 spiro atoms. The number of nitrogens with zero attached hydrogens (tertiary/aromatic N) is 1. The first-order valence-electron chi connectivity index (χ1n) is 5.70. The molecule has 0 bridgehead atoms. The van der Waals surface area contributed by atoms with Gasteiger partial charge in [-0.3, -0.25) is 0 Å². The average molecular weight is 264 g/mol. The Hall–Kier alpha value is -1.00. The van der Waals surface area contributed by atoms with Gasteiger partial charge in [0.2, 0.25) is 0 Å². The van der Waals surface area contributed by atoms with Crippen molar-refractivity contribution in [2.75, 3.05) is 0 Å². The molecule has 2 heterocycles. The zero-order valence-electron chi connectivity index (χ0n) is 10.3. The van der Waals surface area contributed by atoms with Crippen LogP contribution < -0.4 is 0 Å². The molecule has 17 heavy (non-hydrogen) atoms. The van der Waals surface area contributed by atoms with Crippen molar-refractivity contribution in [3.8, 4) is 0 Å². The van der Waals surface area contributed by atoms with E-state index in [-0.39, 0.29) is 0 Å². The molecule has 0 aliphatic heterocycles. The number of aromatic amines is 1. The highest BCUT2D eigenvalue weighted by Crippen LogP contribution is 2.19. The number of rotatable bonds is 3. The first-order valence-corrected chi connectivity index (χ1v) is 6.98. The molecule has 0 radical (unpaired) electrons. The van der Waals surface area contributed by atoms with Crippen molar-refractivity contribution in [2.45, 2.75) is 33.1 Å². The minimum atomic E-state index is 0.419. The van der Waals surface area contributed by atoms with Gasteiger partial charge in [-0.05, 0) is 24.3 Å². The third kappa shape index (κ3) is 2.82. The van der Waals surface area contributed by atoms with Gasteiger partial charge in [-0.2, -0.15) is 0 Å². The largest absolute Gasteiger partial charge is 0.347 e. The second-order valence-corrected chi connectivity index (χ2v) is 5.86. The standard InChI is InChI=1S/C13H16N2S2/c1-8(2)12-9(3)14-11(15-13(12)16)7-10-5-4-6-17-10/h4-6,8H,7H2,1-3H3,(H,14,15,16). The molecule has 0 saturated carbocycles. The van der Waals surface area contributed by atoms with Crippen LogP contribution in [0, 0.1) is 11.6 Å². The monoisotopic (exact) mass is 264 g/mol. The van der Waals surface area contributed by atoms with Crippen LogP contribution in [0.5, 0.6) is 0 Å². The first kappa shape index (κ1) is 12.5. The van der Waals surface area contributed by atoms with Crippen LogP contribution in [0.4, 0.5) is 0 Å². The molecule has 0 aliphatic rings. The maximum absolute atomic E-state index is 5.37. The highest BCUT2D eigenvalue weighted by Gasteiger charge is 2.09. The van der Waals surface area contributed by atoms with E-state index in [1.807, 2.05) is 0 Å². The van der Waals surface area contributed by atoms with Crippen molar-refractivity contribution in [3.05, 3.63) is 44.1 Å². The maximum Gasteiger partial charge on any atom is 0.133 e. The van der Waals surface area contributed by atoms with Crippen LogP contribution >= 0.6 is 23.6 Å². The lowest BCUT2D eigenvalue weighted by Crippen LogP contribution is -2.04. The summed E-state index contributed by atoms with van der Waals surface area (Å²) in [6.45, 7) is 6.37. The normalized spacial score (nSPS) is 11.1. The Bertz CT molecular complexity index is 553. The maximum atomic E-state index is 5.37. The number of aryl methyl sites for hydroxylation is 1. The quantitative estimate of drug-likeness (QED) is 0.841. The fraction of sp³-hybridized carbons (Fsp3) is 0.385. The van der Waals surface area contributed by atoms with Gasteiger partial charge in [-0.15, -0.1) is 11.3 Å². The number of nitrogens with one attached hydrogen (secondary N) is 1. The lowest BCUT2D eigenvalue weighted by atomic mass is 10.0. The van der Waals surface area contributed by atoms with Crippen molar-refractivity contribution >= 4 is 23.6 Å². The Morgan fingerprint density at radius 2 is 2.24 bits per heavy atom. The summed E-state index contributed by atoms with van der Waals surface area (Å²) in [6.07, 6.45) is 0.834. The van der Waals surface area contributed by atoms with Crippen molar-refractivity contribution in [1.82, 2.24) is 9.97 Å².